The van der Waals surface area contributed by atoms with Crippen LogP contribution in [0.3, 0.4) is 0 Å². The van der Waals surface area contributed by atoms with Gasteiger partial charge in [0.05, 0.1) is 0 Å². The molecule has 0 fully saturated rings. The Morgan fingerprint density at radius 1 is 1.29 bits per heavy atom. The minimum atomic E-state index is 0. The van der Waals surface area contributed by atoms with E-state index < -0.39 is 0 Å². The Kier molecular flexibility index (Phi) is 6.04. The maximum absolute atomic E-state index is 5.15. The Balaban J connectivity index is 0.000000845. The standard InChI is InChI=1S/C10H9O.2ClH.Zr/c1-11-10-6-5-8-3-2-4-9(8)7-10;;;/h2-7H,1H3;2*1H;/q;;;+2/p-2. The maximum Gasteiger partial charge on any atom is -1.00 e. The summed E-state index contributed by atoms with van der Waals surface area (Å²) in [7, 11) is 1.70. The molecule has 4 heteroatoms. The van der Waals surface area contributed by atoms with Gasteiger partial charge in [-0.2, -0.15) is 0 Å². The van der Waals surface area contributed by atoms with Gasteiger partial charge in [-0.25, -0.2) is 0 Å². The fourth-order valence-corrected chi connectivity index (χ4v) is 2.29. The van der Waals surface area contributed by atoms with Crippen LogP contribution >= 0.6 is 0 Å². The number of hydrogen-bond donors (Lipinski definition) is 0. The van der Waals surface area contributed by atoms with E-state index in [-0.39, 0.29) is 24.8 Å². The quantitative estimate of drug-likeness (QED) is 0.519. The van der Waals surface area contributed by atoms with Gasteiger partial charge in [-0.1, -0.05) is 0 Å². The molecule has 14 heavy (non-hydrogen) atoms. The average molecular weight is 307 g/mol. The first-order valence-corrected chi connectivity index (χ1v) is 5.30. The van der Waals surface area contributed by atoms with Gasteiger partial charge in [0, 0.05) is 0 Å². The monoisotopic (exact) mass is 305 g/mol. The van der Waals surface area contributed by atoms with E-state index in [4.69, 9.17) is 4.74 Å². The number of halogens is 2. The first kappa shape index (κ1) is 14.2. The van der Waals surface area contributed by atoms with Crippen molar-refractivity contribution in [3.63, 3.8) is 0 Å². The van der Waals surface area contributed by atoms with Crippen LogP contribution in [0.15, 0.2) is 24.3 Å². The molecular weight excluding hydrogens is 298 g/mol. The fourth-order valence-electron chi connectivity index (χ4n) is 1.41. The third kappa shape index (κ3) is 2.62. The molecule has 0 saturated carbocycles. The Morgan fingerprint density at radius 3 is 2.64 bits per heavy atom. The van der Waals surface area contributed by atoms with E-state index in [2.05, 4.69) is 24.3 Å². The predicted molar refractivity (Wildman–Crippen MR) is 44.8 cm³/mol. The molecule has 1 aromatic carbocycles. The molecule has 0 amide bonds. The average Bonchev–Trinajstić information content (AvgIpc) is 2.47. The zero-order chi connectivity index (χ0) is 8.55. The summed E-state index contributed by atoms with van der Waals surface area (Å²) in [6.45, 7) is 0. The zero-order valence-electron chi connectivity index (χ0n) is 7.63. The van der Waals surface area contributed by atoms with Crippen molar-refractivity contribution in [1.82, 2.24) is 0 Å². The molecule has 1 unspecified atom stereocenters. The van der Waals surface area contributed by atoms with Crippen molar-refractivity contribution in [2.24, 2.45) is 0 Å². The normalized spacial score (nSPS) is 16.6. The number of methoxy groups -OCH3 is 1. The molecule has 0 N–H and O–H groups in total. The summed E-state index contributed by atoms with van der Waals surface area (Å²) in [5, 5.41) is 0. The molecule has 1 nitrogen and oxygen atoms in total. The second-order valence-electron chi connectivity index (χ2n) is 2.83. The van der Waals surface area contributed by atoms with Crippen molar-refractivity contribution in [2.75, 3.05) is 7.11 Å². The van der Waals surface area contributed by atoms with Crippen LogP contribution in [0, 0.1) is 0 Å². The van der Waals surface area contributed by atoms with Crippen molar-refractivity contribution in [3.8, 4) is 5.75 Å². The summed E-state index contributed by atoms with van der Waals surface area (Å²) in [6, 6.07) is 6.28. The van der Waals surface area contributed by atoms with E-state index in [1.807, 2.05) is 6.07 Å². The molecule has 2 rings (SSSR count). The third-order valence-corrected chi connectivity index (χ3v) is 3.33. The molecule has 0 heterocycles. The summed E-state index contributed by atoms with van der Waals surface area (Å²) in [5.41, 5.74) is 2.75. The molecule has 0 aliphatic heterocycles. The van der Waals surface area contributed by atoms with Gasteiger partial charge in [0.2, 0.25) is 0 Å². The number of ether oxygens (including phenoxy) is 1. The van der Waals surface area contributed by atoms with E-state index >= 15 is 0 Å². The molecule has 1 aliphatic carbocycles. The first-order chi connectivity index (χ1) is 5.81. The van der Waals surface area contributed by atoms with Gasteiger partial charge in [0.15, 0.2) is 0 Å². The molecule has 0 aromatic heterocycles. The molecule has 1 aromatic rings. The van der Waals surface area contributed by atoms with Crippen molar-refractivity contribution < 1.29 is 54.3 Å². The summed E-state index contributed by atoms with van der Waals surface area (Å²) in [5.74, 6) is 0.948. The van der Waals surface area contributed by atoms with Gasteiger partial charge in [-0.05, 0) is 0 Å². The van der Waals surface area contributed by atoms with Crippen LogP contribution in [-0.4, -0.2) is 7.11 Å². The SMILES string of the molecule is COc1ccc2c(c1)C=C[CH]2[Zr+2].[Cl-].[Cl-]. The summed E-state index contributed by atoms with van der Waals surface area (Å²) < 4.78 is 5.80. The van der Waals surface area contributed by atoms with Gasteiger partial charge in [-0.3, -0.25) is 0 Å². The van der Waals surface area contributed by atoms with E-state index in [0.717, 1.165) is 5.75 Å². The van der Waals surface area contributed by atoms with Crippen LogP contribution in [0.25, 0.3) is 6.08 Å². The molecule has 73 valence electrons. The van der Waals surface area contributed by atoms with E-state index in [0.29, 0.717) is 3.63 Å². The Morgan fingerprint density at radius 2 is 2.00 bits per heavy atom. The number of benzene rings is 1. The van der Waals surface area contributed by atoms with Crippen LogP contribution in [0.4, 0.5) is 0 Å². The van der Waals surface area contributed by atoms with Gasteiger partial charge < -0.3 is 24.8 Å². The molecule has 0 saturated heterocycles. The van der Waals surface area contributed by atoms with Crippen LogP contribution in [0.5, 0.6) is 5.75 Å². The van der Waals surface area contributed by atoms with Gasteiger partial charge in [0.25, 0.3) is 0 Å². The second-order valence-corrected chi connectivity index (χ2v) is 4.36. The van der Waals surface area contributed by atoms with E-state index in [1.54, 1.807) is 31.8 Å². The van der Waals surface area contributed by atoms with Gasteiger partial charge >= 0.3 is 87.4 Å². The molecule has 0 spiro atoms. The van der Waals surface area contributed by atoms with Gasteiger partial charge in [0.1, 0.15) is 0 Å². The molecule has 0 bridgehead atoms. The minimum Gasteiger partial charge on any atom is -1.00 e. The Hall–Kier alpha value is 0.223. The second kappa shape index (κ2) is 5.95. The number of rotatable bonds is 1. The van der Waals surface area contributed by atoms with E-state index in [1.165, 1.54) is 11.1 Å². The van der Waals surface area contributed by atoms with Crippen LogP contribution in [0.1, 0.15) is 14.8 Å². The van der Waals surface area contributed by atoms with Crippen molar-refractivity contribution in [3.05, 3.63) is 35.4 Å². The van der Waals surface area contributed by atoms with Crippen molar-refractivity contribution >= 4 is 6.08 Å². The molecule has 1 aliphatic rings. The summed E-state index contributed by atoms with van der Waals surface area (Å²) >= 11 is 1.55. The topological polar surface area (TPSA) is 9.23 Å². The van der Waals surface area contributed by atoms with Gasteiger partial charge in [-0.15, -0.1) is 0 Å². The fraction of sp³-hybridized carbons (Fsp3) is 0.200. The smallest absolute Gasteiger partial charge is 1.00 e. The number of allylic oxidation sites excluding steroid dienone is 1. The largest absolute Gasteiger partial charge is 1.00 e. The predicted octanol–water partition coefficient (Wildman–Crippen LogP) is -3.68. The Bertz CT molecular complexity index is 339. The van der Waals surface area contributed by atoms with Crippen molar-refractivity contribution in [2.45, 2.75) is 3.63 Å². The van der Waals surface area contributed by atoms with Crippen LogP contribution < -0.4 is 29.6 Å². The molecule has 0 radical (unpaired) electrons. The summed E-state index contributed by atoms with van der Waals surface area (Å²) in [6.07, 6.45) is 4.43. The summed E-state index contributed by atoms with van der Waals surface area (Å²) in [4.78, 5) is 0. The maximum atomic E-state index is 5.15. The van der Waals surface area contributed by atoms with Crippen molar-refractivity contribution in [1.29, 1.82) is 0 Å². The van der Waals surface area contributed by atoms with Crippen LogP contribution in [0.2, 0.25) is 0 Å². The Labute approximate surface area is 112 Å². The molecular formula is C10H9Cl2OZr. The van der Waals surface area contributed by atoms with E-state index in [9.17, 15) is 0 Å². The zero-order valence-corrected chi connectivity index (χ0v) is 11.6. The first-order valence-electron chi connectivity index (χ1n) is 3.88. The molecule has 1 atom stereocenters. The number of fused-ring (bicyclic) bond motifs is 1. The third-order valence-electron chi connectivity index (χ3n) is 2.10. The minimum absolute atomic E-state index is 0. The number of hydrogen-bond acceptors (Lipinski definition) is 1. The van der Waals surface area contributed by atoms with Crippen LogP contribution in [-0.2, 0) is 24.7 Å².